The third-order valence-corrected chi connectivity index (χ3v) is 8.54. The molecule has 0 atom stereocenters. The highest BCUT2D eigenvalue weighted by molar-refractivity contribution is 7.93. The number of nitrogens with one attached hydrogen (secondary N) is 2. The van der Waals surface area contributed by atoms with Gasteiger partial charge in [-0.3, -0.25) is 9.52 Å². The summed E-state index contributed by atoms with van der Waals surface area (Å²) in [7, 11) is -3.68. The predicted octanol–water partition coefficient (Wildman–Crippen LogP) is 4.21. The average molecular weight is 528 g/mol. The maximum Gasteiger partial charge on any atom is 0.263 e. The van der Waals surface area contributed by atoms with Crippen molar-refractivity contribution in [3.8, 4) is 0 Å². The third-order valence-electron chi connectivity index (χ3n) is 6.37. The minimum atomic E-state index is -3.68. The number of nitrogens with zero attached hydrogens (tertiary/aromatic N) is 3. The van der Waals surface area contributed by atoms with Crippen LogP contribution < -0.4 is 14.9 Å². The molecule has 0 aliphatic carbocycles. The molecule has 5 rings (SSSR count). The second kappa shape index (κ2) is 10.3. The van der Waals surface area contributed by atoms with Gasteiger partial charge in [-0.2, -0.15) is 0 Å². The van der Waals surface area contributed by atoms with Gasteiger partial charge in [0.05, 0.1) is 10.4 Å². The molecule has 0 saturated carbocycles. The van der Waals surface area contributed by atoms with E-state index in [-0.39, 0.29) is 22.7 Å². The molecule has 1 amide bonds. The van der Waals surface area contributed by atoms with E-state index in [1.165, 1.54) is 17.4 Å². The van der Waals surface area contributed by atoms with Crippen LogP contribution in [0.3, 0.4) is 0 Å². The van der Waals surface area contributed by atoms with Gasteiger partial charge >= 0.3 is 0 Å². The molecule has 0 radical (unpaired) electrons. The average Bonchev–Trinajstić information content (AvgIpc) is 3.54. The number of sulfonamides is 1. The predicted molar refractivity (Wildman–Crippen MR) is 139 cm³/mol. The van der Waals surface area contributed by atoms with E-state index in [0.29, 0.717) is 23.5 Å². The molecule has 2 aromatic heterocycles. The van der Waals surface area contributed by atoms with Crippen molar-refractivity contribution in [1.29, 1.82) is 0 Å². The van der Waals surface area contributed by atoms with Gasteiger partial charge < -0.3 is 14.8 Å². The van der Waals surface area contributed by atoms with Crippen LogP contribution in [0.1, 0.15) is 19.3 Å². The van der Waals surface area contributed by atoms with Crippen molar-refractivity contribution in [3.05, 3.63) is 72.1 Å². The van der Waals surface area contributed by atoms with Gasteiger partial charge in [-0.15, -0.1) is 11.3 Å². The smallest absolute Gasteiger partial charge is 0.263 e. The maximum atomic E-state index is 13.9. The Hall–Kier alpha value is -3.44. The lowest BCUT2D eigenvalue weighted by molar-refractivity contribution is -0.122. The van der Waals surface area contributed by atoms with Crippen molar-refractivity contribution in [1.82, 2.24) is 14.9 Å². The molecule has 1 aliphatic rings. The Labute approximate surface area is 212 Å². The number of hydrogen-bond acceptors (Lipinski definition) is 6. The topological polar surface area (TPSA) is 96.3 Å². The SMILES string of the molecule is O=C(CCn1ccc2c(F)cccc21)NC1CCN(c2ccc(S(=O)(=O)Nc3nccs3)cc2)CC1. The van der Waals surface area contributed by atoms with Crippen molar-refractivity contribution >= 4 is 49.0 Å². The highest BCUT2D eigenvalue weighted by Gasteiger charge is 2.22. The number of rotatable bonds is 8. The van der Waals surface area contributed by atoms with E-state index in [2.05, 4.69) is 19.9 Å². The van der Waals surface area contributed by atoms with Gasteiger partial charge in [-0.05, 0) is 55.3 Å². The summed E-state index contributed by atoms with van der Waals surface area (Å²) < 4.78 is 43.3. The molecule has 2 aromatic carbocycles. The molecule has 1 aliphatic heterocycles. The molecule has 2 N–H and O–H groups in total. The molecule has 188 valence electrons. The molecule has 3 heterocycles. The summed E-state index contributed by atoms with van der Waals surface area (Å²) in [6, 6.07) is 13.6. The molecule has 0 spiro atoms. The monoisotopic (exact) mass is 527 g/mol. The zero-order chi connectivity index (χ0) is 25.1. The summed E-state index contributed by atoms with van der Waals surface area (Å²) in [5, 5.41) is 5.72. The molecular formula is C25H26FN5O3S2. The van der Waals surface area contributed by atoms with Crippen LogP contribution in [-0.4, -0.2) is 43.0 Å². The van der Waals surface area contributed by atoms with Crippen LogP contribution in [0.4, 0.5) is 15.2 Å². The minimum absolute atomic E-state index is 0.0195. The van der Waals surface area contributed by atoms with Crippen LogP contribution in [0.15, 0.2) is 71.2 Å². The number of halogens is 1. The number of aromatic nitrogens is 2. The van der Waals surface area contributed by atoms with E-state index < -0.39 is 10.0 Å². The molecule has 11 heteroatoms. The zero-order valence-corrected chi connectivity index (χ0v) is 21.1. The second-order valence-corrected chi connectivity index (χ2v) is 11.3. The number of fused-ring (bicyclic) bond motifs is 1. The van der Waals surface area contributed by atoms with Gasteiger partial charge in [0.15, 0.2) is 5.13 Å². The largest absolute Gasteiger partial charge is 0.371 e. The van der Waals surface area contributed by atoms with Gasteiger partial charge in [0.1, 0.15) is 5.82 Å². The van der Waals surface area contributed by atoms with Crippen LogP contribution in [-0.2, 0) is 21.4 Å². The quantitative estimate of drug-likeness (QED) is 0.358. The Morgan fingerprint density at radius 3 is 2.61 bits per heavy atom. The number of anilines is 2. The van der Waals surface area contributed by atoms with E-state index >= 15 is 0 Å². The number of hydrogen-bond donors (Lipinski definition) is 2. The minimum Gasteiger partial charge on any atom is -0.371 e. The standard InChI is InChI=1S/C25H26FN5O3S2/c26-22-2-1-3-23-21(22)10-15-31(23)16-11-24(32)28-18-8-13-30(14-9-18)19-4-6-20(7-5-19)36(33,34)29-25-27-12-17-35-25/h1-7,10,12,15,17-18H,8-9,11,13-14,16H2,(H,27,29)(H,28,32). The van der Waals surface area contributed by atoms with Gasteiger partial charge in [0.25, 0.3) is 10.0 Å². The van der Waals surface area contributed by atoms with Crippen molar-refractivity contribution in [2.24, 2.45) is 0 Å². The third kappa shape index (κ3) is 5.36. The Balaban J connectivity index is 1.10. The van der Waals surface area contributed by atoms with Crippen LogP contribution in [0.5, 0.6) is 0 Å². The van der Waals surface area contributed by atoms with Gasteiger partial charge in [-0.25, -0.2) is 17.8 Å². The Kier molecular flexibility index (Phi) is 6.92. The first-order chi connectivity index (χ1) is 17.4. The van der Waals surface area contributed by atoms with Crippen LogP contribution >= 0.6 is 11.3 Å². The number of thiazole rings is 1. The molecule has 0 bridgehead atoms. The number of piperidine rings is 1. The van der Waals surface area contributed by atoms with Crippen molar-refractivity contribution in [2.45, 2.75) is 36.7 Å². The van der Waals surface area contributed by atoms with Crippen LogP contribution in [0.2, 0.25) is 0 Å². The molecule has 1 saturated heterocycles. The number of carbonyl (C=O) groups is 1. The number of benzene rings is 2. The maximum absolute atomic E-state index is 13.9. The van der Waals surface area contributed by atoms with Gasteiger partial charge in [0, 0.05) is 60.9 Å². The van der Waals surface area contributed by atoms with E-state index in [4.69, 9.17) is 0 Å². The van der Waals surface area contributed by atoms with E-state index in [9.17, 15) is 17.6 Å². The molecule has 8 nitrogen and oxygen atoms in total. The Morgan fingerprint density at radius 1 is 1.11 bits per heavy atom. The summed E-state index contributed by atoms with van der Waals surface area (Å²) in [5.74, 6) is -0.278. The highest BCUT2D eigenvalue weighted by Crippen LogP contribution is 2.24. The van der Waals surface area contributed by atoms with Gasteiger partial charge in [0.2, 0.25) is 5.91 Å². The zero-order valence-electron chi connectivity index (χ0n) is 19.4. The lowest BCUT2D eigenvalue weighted by Gasteiger charge is -2.34. The first-order valence-corrected chi connectivity index (χ1v) is 14.1. The van der Waals surface area contributed by atoms with Crippen molar-refractivity contribution in [2.75, 3.05) is 22.7 Å². The van der Waals surface area contributed by atoms with E-state index in [1.807, 2.05) is 16.8 Å². The normalized spacial score (nSPS) is 14.8. The summed E-state index contributed by atoms with van der Waals surface area (Å²) in [5.41, 5.74) is 1.73. The lowest BCUT2D eigenvalue weighted by Crippen LogP contribution is -2.44. The number of amides is 1. The van der Waals surface area contributed by atoms with Gasteiger partial charge in [-0.1, -0.05) is 6.07 Å². The fourth-order valence-corrected chi connectivity index (χ4v) is 6.26. The molecule has 1 fully saturated rings. The lowest BCUT2D eigenvalue weighted by atomic mass is 10.0. The fourth-order valence-electron chi connectivity index (χ4n) is 4.47. The Morgan fingerprint density at radius 2 is 1.89 bits per heavy atom. The molecule has 4 aromatic rings. The highest BCUT2D eigenvalue weighted by atomic mass is 32.2. The van der Waals surface area contributed by atoms with Crippen molar-refractivity contribution in [3.63, 3.8) is 0 Å². The summed E-state index contributed by atoms with van der Waals surface area (Å²) in [4.78, 5) is 18.9. The van der Waals surface area contributed by atoms with Crippen LogP contribution in [0, 0.1) is 5.82 Å². The van der Waals surface area contributed by atoms with E-state index in [0.717, 1.165) is 37.1 Å². The summed E-state index contributed by atoms with van der Waals surface area (Å²) >= 11 is 1.22. The first kappa shape index (κ1) is 24.3. The van der Waals surface area contributed by atoms with Crippen molar-refractivity contribution < 1.29 is 17.6 Å². The second-order valence-electron chi connectivity index (χ2n) is 8.70. The molecule has 36 heavy (non-hydrogen) atoms. The first-order valence-electron chi connectivity index (χ1n) is 11.7. The molecule has 0 unspecified atom stereocenters. The Bertz CT molecular complexity index is 1440. The number of aryl methyl sites for hydroxylation is 1. The molecular weight excluding hydrogens is 501 g/mol. The van der Waals surface area contributed by atoms with Crippen LogP contribution in [0.25, 0.3) is 10.9 Å². The summed E-state index contributed by atoms with van der Waals surface area (Å²) in [6.45, 7) is 2.01. The summed E-state index contributed by atoms with van der Waals surface area (Å²) in [6.07, 6.45) is 5.28. The fraction of sp³-hybridized carbons (Fsp3) is 0.280. The number of carbonyl (C=O) groups excluding carboxylic acids is 1. The van der Waals surface area contributed by atoms with E-state index in [1.54, 1.807) is 48.0 Å².